The number of nitrogens with zero attached hydrogens (tertiary/aromatic N) is 1. The molecule has 0 saturated carbocycles. The van der Waals surface area contributed by atoms with Gasteiger partial charge in [0, 0.05) is 18.2 Å². The van der Waals surface area contributed by atoms with Crippen molar-refractivity contribution in [1.82, 2.24) is 10.3 Å². The number of hydrazine groups is 1. The number of likely N-dealkylation sites (N-methyl/N-ethyl adjacent to an activating group) is 1. The van der Waals surface area contributed by atoms with Gasteiger partial charge in [-0.2, -0.15) is 0 Å². The number of nitrogen functional groups attached to an aromatic ring is 1. The summed E-state index contributed by atoms with van der Waals surface area (Å²) in [6.07, 6.45) is 0. The average molecular weight is 279 g/mol. The van der Waals surface area contributed by atoms with Gasteiger partial charge in [-0.1, -0.05) is 19.9 Å². The van der Waals surface area contributed by atoms with Crippen LogP contribution in [0, 0.1) is 5.92 Å². The highest BCUT2D eigenvalue weighted by Gasteiger charge is 2.12. The van der Waals surface area contributed by atoms with Gasteiger partial charge in [-0.25, -0.2) is 5.84 Å². The van der Waals surface area contributed by atoms with E-state index in [0.29, 0.717) is 29.9 Å². The highest BCUT2D eigenvalue weighted by atomic mass is 16.5. The quantitative estimate of drug-likeness (QED) is 0.452. The van der Waals surface area contributed by atoms with Crippen LogP contribution in [-0.2, 0) is 0 Å². The second-order valence-electron chi connectivity index (χ2n) is 5.31. The standard InChI is InChI=1S/C15H25N3O2/c1-11(2)12(3)18(4)8-9-20-14-7-5-6-13(10-14)15(19)17-16/h5-7,10-12H,8-9,16H2,1-4H3,(H,17,19). The Morgan fingerprint density at radius 2 is 2.10 bits per heavy atom. The van der Waals surface area contributed by atoms with Crippen LogP contribution in [0.1, 0.15) is 31.1 Å². The minimum atomic E-state index is -0.319. The number of hydrogen-bond donors (Lipinski definition) is 2. The zero-order chi connectivity index (χ0) is 15.1. The number of rotatable bonds is 7. The SMILES string of the molecule is CC(C)C(C)N(C)CCOc1cccc(C(=O)NN)c1. The van der Waals surface area contributed by atoms with Gasteiger partial charge in [-0.15, -0.1) is 0 Å². The number of carbonyl (C=O) groups excluding carboxylic acids is 1. The van der Waals surface area contributed by atoms with Crippen LogP contribution in [-0.4, -0.2) is 37.0 Å². The lowest BCUT2D eigenvalue weighted by Crippen LogP contribution is -2.36. The molecule has 0 radical (unpaired) electrons. The summed E-state index contributed by atoms with van der Waals surface area (Å²) in [5.41, 5.74) is 2.60. The molecule has 0 spiro atoms. The van der Waals surface area contributed by atoms with Gasteiger partial charge >= 0.3 is 0 Å². The second kappa shape index (κ2) is 7.87. The van der Waals surface area contributed by atoms with Crippen molar-refractivity contribution in [3.05, 3.63) is 29.8 Å². The van der Waals surface area contributed by atoms with E-state index >= 15 is 0 Å². The third-order valence-electron chi connectivity index (χ3n) is 3.60. The number of hydrogen-bond acceptors (Lipinski definition) is 4. The van der Waals surface area contributed by atoms with E-state index in [9.17, 15) is 4.79 Å². The number of benzene rings is 1. The molecular formula is C15H25N3O2. The molecule has 0 aromatic heterocycles. The molecule has 0 bridgehead atoms. The fourth-order valence-corrected chi connectivity index (χ4v) is 1.83. The number of nitrogens with one attached hydrogen (secondary N) is 1. The van der Waals surface area contributed by atoms with Crippen molar-refractivity contribution in [3.8, 4) is 5.75 Å². The Hall–Kier alpha value is -1.59. The maximum absolute atomic E-state index is 11.4. The molecule has 112 valence electrons. The molecule has 0 saturated heterocycles. The van der Waals surface area contributed by atoms with Crippen LogP contribution in [0.3, 0.4) is 0 Å². The highest BCUT2D eigenvalue weighted by molar-refractivity contribution is 5.94. The summed E-state index contributed by atoms with van der Waals surface area (Å²) < 4.78 is 5.68. The fraction of sp³-hybridized carbons (Fsp3) is 0.533. The van der Waals surface area contributed by atoms with E-state index < -0.39 is 0 Å². The van der Waals surface area contributed by atoms with Crippen molar-refractivity contribution in [2.75, 3.05) is 20.2 Å². The fourth-order valence-electron chi connectivity index (χ4n) is 1.83. The van der Waals surface area contributed by atoms with Crippen LogP contribution in [0.25, 0.3) is 0 Å². The van der Waals surface area contributed by atoms with E-state index in [1.54, 1.807) is 18.2 Å². The Kier molecular flexibility index (Phi) is 6.48. The molecule has 1 aromatic rings. The molecule has 5 nitrogen and oxygen atoms in total. The van der Waals surface area contributed by atoms with Gasteiger partial charge in [0.2, 0.25) is 0 Å². The molecule has 0 aliphatic rings. The molecule has 1 amide bonds. The van der Waals surface area contributed by atoms with Crippen LogP contribution < -0.4 is 16.0 Å². The smallest absolute Gasteiger partial charge is 0.265 e. The monoisotopic (exact) mass is 279 g/mol. The molecule has 1 rings (SSSR count). The second-order valence-corrected chi connectivity index (χ2v) is 5.31. The average Bonchev–Trinajstić information content (AvgIpc) is 2.45. The summed E-state index contributed by atoms with van der Waals surface area (Å²) in [6, 6.07) is 7.50. The maximum Gasteiger partial charge on any atom is 0.265 e. The van der Waals surface area contributed by atoms with E-state index in [1.165, 1.54) is 0 Å². The van der Waals surface area contributed by atoms with Crippen LogP contribution in [0.5, 0.6) is 5.75 Å². The Morgan fingerprint density at radius 1 is 1.40 bits per heavy atom. The van der Waals surface area contributed by atoms with E-state index in [-0.39, 0.29) is 5.91 Å². The van der Waals surface area contributed by atoms with Gasteiger partial charge in [0.15, 0.2) is 0 Å². The summed E-state index contributed by atoms with van der Waals surface area (Å²) in [4.78, 5) is 13.7. The van der Waals surface area contributed by atoms with E-state index in [0.717, 1.165) is 6.54 Å². The molecule has 0 fully saturated rings. The third-order valence-corrected chi connectivity index (χ3v) is 3.60. The van der Waals surface area contributed by atoms with Gasteiger partial charge in [-0.05, 0) is 38.1 Å². The minimum absolute atomic E-state index is 0.319. The summed E-state index contributed by atoms with van der Waals surface area (Å²) in [5.74, 6) is 6.08. The number of carbonyl (C=O) groups is 1. The van der Waals surface area contributed by atoms with Crippen molar-refractivity contribution in [1.29, 1.82) is 0 Å². The van der Waals surface area contributed by atoms with Crippen molar-refractivity contribution in [2.24, 2.45) is 11.8 Å². The predicted molar refractivity (Wildman–Crippen MR) is 80.5 cm³/mol. The van der Waals surface area contributed by atoms with Crippen molar-refractivity contribution in [2.45, 2.75) is 26.8 Å². The Bertz CT molecular complexity index is 435. The first kappa shape index (κ1) is 16.5. The first-order valence-corrected chi connectivity index (χ1v) is 6.89. The summed E-state index contributed by atoms with van der Waals surface area (Å²) >= 11 is 0. The summed E-state index contributed by atoms with van der Waals surface area (Å²) in [7, 11) is 2.09. The first-order chi connectivity index (χ1) is 9.45. The van der Waals surface area contributed by atoms with Crippen LogP contribution in [0.15, 0.2) is 24.3 Å². The topological polar surface area (TPSA) is 67.6 Å². The van der Waals surface area contributed by atoms with Gasteiger partial charge in [0.25, 0.3) is 5.91 Å². The Labute approximate surface area is 121 Å². The molecule has 1 atom stereocenters. The van der Waals surface area contributed by atoms with E-state index in [1.807, 2.05) is 6.07 Å². The first-order valence-electron chi connectivity index (χ1n) is 6.89. The van der Waals surface area contributed by atoms with E-state index in [2.05, 4.69) is 38.1 Å². The Morgan fingerprint density at radius 3 is 2.70 bits per heavy atom. The molecule has 5 heteroatoms. The van der Waals surface area contributed by atoms with Crippen LogP contribution >= 0.6 is 0 Å². The number of nitrogens with two attached hydrogens (primary N) is 1. The van der Waals surface area contributed by atoms with Gasteiger partial charge in [0.05, 0.1) is 0 Å². The van der Waals surface area contributed by atoms with Crippen molar-refractivity contribution >= 4 is 5.91 Å². The largest absolute Gasteiger partial charge is 0.492 e. The zero-order valence-electron chi connectivity index (χ0n) is 12.7. The zero-order valence-corrected chi connectivity index (χ0v) is 12.7. The maximum atomic E-state index is 11.4. The molecule has 0 heterocycles. The Balaban J connectivity index is 2.48. The molecular weight excluding hydrogens is 254 g/mol. The van der Waals surface area contributed by atoms with Gasteiger partial charge < -0.3 is 9.64 Å². The molecule has 1 aromatic carbocycles. The van der Waals surface area contributed by atoms with Gasteiger partial charge in [0.1, 0.15) is 12.4 Å². The number of amides is 1. The molecule has 1 unspecified atom stereocenters. The summed E-state index contributed by atoms with van der Waals surface area (Å²) in [6.45, 7) is 8.04. The summed E-state index contributed by atoms with van der Waals surface area (Å²) in [5, 5.41) is 0. The van der Waals surface area contributed by atoms with Crippen LogP contribution in [0.4, 0.5) is 0 Å². The molecule has 3 N–H and O–H groups in total. The molecule has 0 aliphatic carbocycles. The molecule has 20 heavy (non-hydrogen) atoms. The normalized spacial score (nSPS) is 12.6. The third kappa shape index (κ3) is 4.83. The lowest BCUT2D eigenvalue weighted by Gasteiger charge is -2.27. The van der Waals surface area contributed by atoms with Crippen LogP contribution in [0.2, 0.25) is 0 Å². The van der Waals surface area contributed by atoms with Crippen molar-refractivity contribution in [3.63, 3.8) is 0 Å². The lowest BCUT2D eigenvalue weighted by atomic mass is 10.1. The minimum Gasteiger partial charge on any atom is -0.492 e. The van der Waals surface area contributed by atoms with Crippen molar-refractivity contribution < 1.29 is 9.53 Å². The van der Waals surface area contributed by atoms with E-state index in [4.69, 9.17) is 10.6 Å². The number of ether oxygens (including phenoxy) is 1. The lowest BCUT2D eigenvalue weighted by molar-refractivity contribution is 0.0953. The van der Waals surface area contributed by atoms with Gasteiger partial charge in [-0.3, -0.25) is 10.2 Å². The predicted octanol–water partition coefficient (Wildman–Crippen LogP) is 1.65. The molecule has 0 aliphatic heterocycles. The highest BCUT2D eigenvalue weighted by Crippen LogP contribution is 2.13.